The number of fused-ring (bicyclic) bond motifs is 1. The predicted molar refractivity (Wildman–Crippen MR) is 89.8 cm³/mol. The Hall–Kier alpha value is -2.44. The maximum Gasteiger partial charge on any atom is 0.319 e. The summed E-state index contributed by atoms with van der Waals surface area (Å²) in [6.07, 6.45) is -0.353. The minimum atomic E-state index is -0.353. The van der Waals surface area contributed by atoms with Crippen LogP contribution in [0, 0.1) is 12.8 Å². The Morgan fingerprint density at radius 1 is 1.08 bits per heavy atom. The zero-order valence-corrected chi connectivity index (χ0v) is 14.7. The number of nitrogens with zero attached hydrogens (tertiary/aromatic N) is 2. The van der Waals surface area contributed by atoms with Gasteiger partial charge in [0, 0.05) is 31.6 Å². The molecule has 2 N–H and O–H groups in total. The predicted octanol–water partition coefficient (Wildman–Crippen LogP) is 1.69. The van der Waals surface area contributed by atoms with Crippen LogP contribution in [0.2, 0.25) is 0 Å². The topological polar surface area (TPSA) is 73.9 Å². The molecule has 2 aliphatic heterocycles. The van der Waals surface area contributed by atoms with Crippen molar-refractivity contribution in [2.75, 3.05) is 21.2 Å². The first-order valence-electron chi connectivity index (χ1n) is 8.06. The summed E-state index contributed by atoms with van der Waals surface area (Å²) < 4.78 is 5.57. The molecule has 0 bridgehead atoms. The van der Waals surface area contributed by atoms with Crippen molar-refractivity contribution in [1.29, 1.82) is 0 Å². The molecule has 0 unspecified atom stereocenters. The third-order valence-corrected chi connectivity index (χ3v) is 5.11. The molecule has 0 radical (unpaired) electrons. The summed E-state index contributed by atoms with van der Waals surface area (Å²) in [5, 5.41) is 5.92. The molecule has 4 atom stereocenters. The van der Waals surface area contributed by atoms with Crippen molar-refractivity contribution in [3.8, 4) is 5.75 Å². The van der Waals surface area contributed by atoms with E-state index in [1.54, 1.807) is 31.0 Å². The van der Waals surface area contributed by atoms with E-state index >= 15 is 0 Å². The summed E-state index contributed by atoms with van der Waals surface area (Å²) in [6.45, 7) is 3.98. The minimum absolute atomic E-state index is 0.00740. The number of amides is 4. The molecule has 1 aromatic rings. The highest BCUT2D eigenvalue weighted by molar-refractivity contribution is 5.80. The summed E-state index contributed by atoms with van der Waals surface area (Å²) >= 11 is 0. The van der Waals surface area contributed by atoms with E-state index < -0.39 is 0 Å². The molecule has 24 heavy (non-hydrogen) atoms. The lowest BCUT2D eigenvalue weighted by Gasteiger charge is -2.52. The van der Waals surface area contributed by atoms with Crippen LogP contribution in [0.1, 0.15) is 24.1 Å². The molecule has 4 amide bonds. The second kappa shape index (κ2) is 5.89. The van der Waals surface area contributed by atoms with Gasteiger partial charge in [-0.2, -0.15) is 0 Å². The van der Waals surface area contributed by atoms with Gasteiger partial charge < -0.3 is 25.2 Å². The van der Waals surface area contributed by atoms with E-state index in [0.717, 1.165) is 16.9 Å². The molecule has 3 rings (SSSR count). The van der Waals surface area contributed by atoms with E-state index in [0.29, 0.717) is 0 Å². The molecule has 0 aromatic heterocycles. The molecule has 2 saturated heterocycles. The standard InChI is InChI=1S/C17H24N4O3/c1-9-6-7-11(12(8-9)24-5)14-13-10(2)18-16(22)21(4)15(13)19-17(23)20(14)3/h6-8,10,13-15H,1-5H3,(H,18,22)(H,19,23)/t10-,13-,14+,15+/m0/s1. The van der Waals surface area contributed by atoms with Gasteiger partial charge in [-0.15, -0.1) is 0 Å². The van der Waals surface area contributed by atoms with Crippen LogP contribution in [0.5, 0.6) is 5.75 Å². The average Bonchev–Trinajstić information content (AvgIpc) is 2.54. The number of nitrogens with one attached hydrogen (secondary N) is 2. The molecule has 0 saturated carbocycles. The van der Waals surface area contributed by atoms with Gasteiger partial charge >= 0.3 is 12.1 Å². The normalized spacial score (nSPS) is 29.7. The van der Waals surface area contributed by atoms with Crippen molar-refractivity contribution in [2.24, 2.45) is 5.92 Å². The maximum atomic E-state index is 12.5. The van der Waals surface area contributed by atoms with Crippen LogP contribution < -0.4 is 15.4 Å². The first-order valence-corrected chi connectivity index (χ1v) is 8.06. The van der Waals surface area contributed by atoms with Gasteiger partial charge in [-0.1, -0.05) is 12.1 Å². The molecule has 7 heteroatoms. The fraction of sp³-hybridized carbons (Fsp3) is 0.529. The van der Waals surface area contributed by atoms with Gasteiger partial charge in [0.15, 0.2) is 0 Å². The van der Waals surface area contributed by atoms with Gasteiger partial charge in [0.05, 0.1) is 13.2 Å². The summed E-state index contributed by atoms with van der Waals surface area (Å²) in [5.74, 6) is 0.749. The van der Waals surface area contributed by atoms with Crippen LogP contribution in [0.15, 0.2) is 18.2 Å². The lowest BCUT2D eigenvalue weighted by atomic mass is 9.80. The van der Waals surface area contributed by atoms with Crippen LogP contribution in [-0.4, -0.2) is 55.3 Å². The zero-order chi connectivity index (χ0) is 17.6. The second-order valence-corrected chi connectivity index (χ2v) is 6.62. The average molecular weight is 332 g/mol. The van der Waals surface area contributed by atoms with E-state index in [4.69, 9.17) is 4.74 Å². The fourth-order valence-corrected chi connectivity index (χ4v) is 3.78. The second-order valence-electron chi connectivity index (χ2n) is 6.62. The number of benzene rings is 1. The van der Waals surface area contributed by atoms with Crippen molar-refractivity contribution < 1.29 is 14.3 Å². The lowest BCUT2D eigenvalue weighted by molar-refractivity contribution is 0.0241. The van der Waals surface area contributed by atoms with Crippen LogP contribution in [0.3, 0.4) is 0 Å². The molecular weight excluding hydrogens is 308 g/mol. The molecule has 2 heterocycles. The Bertz CT molecular complexity index is 678. The Morgan fingerprint density at radius 3 is 2.42 bits per heavy atom. The summed E-state index contributed by atoms with van der Waals surface area (Å²) in [7, 11) is 5.11. The lowest BCUT2D eigenvalue weighted by Crippen LogP contribution is -2.71. The highest BCUT2D eigenvalue weighted by atomic mass is 16.5. The molecule has 130 valence electrons. The van der Waals surface area contributed by atoms with E-state index in [1.165, 1.54) is 0 Å². The van der Waals surface area contributed by atoms with Gasteiger partial charge in [-0.25, -0.2) is 9.59 Å². The summed E-state index contributed by atoms with van der Waals surface area (Å²) in [5.41, 5.74) is 2.05. The fourth-order valence-electron chi connectivity index (χ4n) is 3.78. The van der Waals surface area contributed by atoms with Gasteiger partial charge in [0.25, 0.3) is 0 Å². The van der Waals surface area contributed by atoms with Gasteiger partial charge in [0.1, 0.15) is 11.9 Å². The van der Waals surface area contributed by atoms with Crippen LogP contribution in [-0.2, 0) is 0 Å². The third kappa shape index (κ3) is 2.44. The molecule has 0 aliphatic carbocycles. The monoisotopic (exact) mass is 332 g/mol. The molecular formula is C17H24N4O3. The van der Waals surface area contributed by atoms with E-state index in [9.17, 15) is 9.59 Å². The Balaban J connectivity index is 2.10. The van der Waals surface area contributed by atoms with Gasteiger partial charge in [-0.3, -0.25) is 0 Å². The van der Waals surface area contributed by atoms with E-state index in [-0.39, 0.29) is 36.2 Å². The Morgan fingerprint density at radius 2 is 1.75 bits per heavy atom. The number of ether oxygens (including phenoxy) is 1. The molecule has 1 aromatic carbocycles. The number of methoxy groups -OCH3 is 1. The SMILES string of the molecule is COc1cc(C)ccc1[C@@H]1[C@@H]2[C@H](C)NC(=O)N(C)[C@H]2NC(=O)N1C. The van der Waals surface area contributed by atoms with Crippen molar-refractivity contribution in [2.45, 2.75) is 32.1 Å². The first-order chi connectivity index (χ1) is 11.3. The number of urea groups is 2. The highest BCUT2D eigenvalue weighted by Gasteiger charge is 2.50. The van der Waals surface area contributed by atoms with Gasteiger partial charge in [0.2, 0.25) is 0 Å². The van der Waals surface area contributed by atoms with Crippen LogP contribution >= 0.6 is 0 Å². The summed E-state index contributed by atoms with van der Waals surface area (Å²) in [6, 6.07) is 5.34. The zero-order valence-electron chi connectivity index (χ0n) is 14.7. The Labute approximate surface area is 141 Å². The smallest absolute Gasteiger partial charge is 0.319 e. The van der Waals surface area contributed by atoms with Crippen molar-refractivity contribution in [1.82, 2.24) is 20.4 Å². The van der Waals surface area contributed by atoms with Crippen molar-refractivity contribution >= 4 is 12.1 Å². The van der Waals surface area contributed by atoms with Crippen molar-refractivity contribution in [3.63, 3.8) is 0 Å². The highest BCUT2D eigenvalue weighted by Crippen LogP contribution is 2.41. The first kappa shape index (κ1) is 16.4. The van der Waals surface area contributed by atoms with Gasteiger partial charge in [-0.05, 0) is 25.5 Å². The number of aryl methyl sites for hydroxylation is 1. The number of hydrogen-bond donors (Lipinski definition) is 2. The number of rotatable bonds is 2. The van der Waals surface area contributed by atoms with E-state index in [1.807, 2.05) is 32.0 Å². The summed E-state index contributed by atoms with van der Waals surface area (Å²) in [4.78, 5) is 27.8. The molecule has 2 aliphatic rings. The Kier molecular flexibility index (Phi) is 4.03. The minimum Gasteiger partial charge on any atom is -0.496 e. The number of carbonyl (C=O) groups excluding carboxylic acids is 2. The maximum absolute atomic E-state index is 12.5. The number of hydrogen-bond acceptors (Lipinski definition) is 3. The van der Waals surface area contributed by atoms with Crippen LogP contribution in [0.25, 0.3) is 0 Å². The molecule has 0 spiro atoms. The van der Waals surface area contributed by atoms with Crippen molar-refractivity contribution in [3.05, 3.63) is 29.3 Å². The van der Waals surface area contributed by atoms with Crippen LogP contribution in [0.4, 0.5) is 9.59 Å². The third-order valence-electron chi connectivity index (χ3n) is 5.11. The molecule has 2 fully saturated rings. The quantitative estimate of drug-likeness (QED) is 0.865. The molecule has 7 nitrogen and oxygen atoms in total. The number of carbonyl (C=O) groups is 2. The van der Waals surface area contributed by atoms with E-state index in [2.05, 4.69) is 10.6 Å². The largest absolute Gasteiger partial charge is 0.496 e.